The van der Waals surface area contributed by atoms with E-state index in [0.717, 1.165) is 30.4 Å². The summed E-state index contributed by atoms with van der Waals surface area (Å²) in [6.45, 7) is 28.3. The van der Waals surface area contributed by atoms with Crippen LogP contribution in [0.3, 0.4) is 0 Å². The molecule has 4 heteroatoms. The first-order valence-electron chi connectivity index (χ1n) is 17.0. The van der Waals surface area contributed by atoms with Crippen LogP contribution in [-0.4, -0.2) is 17.5 Å². The minimum absolute atomic E-state index is 0.115. The zero-order chi connectivity index (χ0) is 34.4. The Kier molecular flexibility index (Phi) is 9.76. The van der Waals surface area contributed by atoms with Gasteiger partial charge in [-0.05, 0) is 148 Å². The van der Waals surface area contributed by atoms with Gasteiger partial charge in [0.1, 0.15) is 11.4 Å². The third-order valence-electron chi connectivity index (χ3n) is 9.96. The third kappa shape index (κ3) is 7.42. The average Bonchev–Trinajstić information content (AvgIpc) is 2.92. The second kappa shape index (κ2) is 12.7. The molecule has 248 valence electrons. The summed E-state index contributed by atoms with van der Waals surface area (Å²) in [5.74, 6) is 0.172. The summed E-state index contributed by atoms with van der Waals surface area (Å²) in [4.78, 5) is 26.1. The number of rotatable bonds is 7. The molecule has 0 heterocycles. The topological polar surface area (TPSA) is 52.6 Å². The van der Waals surface area contributed by atoms with E-state index in [2.05, 4.69) is 79.7 Å². The molecular formula is C42H56O4. The molecule has 46 heavy (non-hydrogen) atoms. The Morgan fingerprint density at radius 3 is 1.76 bits per heavy atom. The van der Waals surface area contributed by atoms with Crippen LogP contribution in [0.4, 0.5) is 0 Å². The van der Waals surface area contributed by atoms with E-state index in [4.69, 9.17) is 9.47 Å². The number of hydrogen-bond donors (Lipinski definition) is 0. The van der Waals surface area contributed by atoms with E-state index in [0.29, 0.717) is 22.8 Å². The minimum atomic E-state index is -0.627. The lowest BCUT2D eigenvalue weighted by atomic mass is 9.55. The molecule has 1 aliphatic carbocycles. The summed E-state index contributed by atoms with van der Waals surface area (Å²) in [6, 6.07) is 16.0. The van der Waals surface area contributed by atoms with Crippen molar-refractivity contribution in [3.8, 4) is 5.75 Å². The van der Waals surface area contributed by atoms with Crippen molar-refractivity contribution in [1.29, 1.82) is 0 Å². The quantitative estimate of drug-likeness (QED) is 0.194. The van der Waals surface area contributed by atoms with Crippen molar-refractivity contribution in [2.75, 3.05) is 0 Å². The molecule has 0 aliphatic heterocycles. The van der Waals surface area contributed by atoms with Gasteiger partial charge in [-0.15, -0.1) is 0 Å². The van der Waals surface area contributed by atoms with Gasteiger partial charge in [-0.2, -0.15) is 0 Å². The van der Waals surface area contributed by atoms with Crippen LogP contribution in [0.25, 0.3) is 0 Å². The Labute approximate surface area is 278 Å². The second-order valence-electron chi connectivity index (χ2n) is 16.6. The molecule has 3 aromatic rings. The summed E-state index contributed by atoms with van der Waals surface area (Å²) >= 11 is 0. The van der Waals surface area contributed by atoms with Crippen LogP contribution in [0.15, 0.2) is 48.5 Å². The summed E-state index contributed by atoms with van der Waals surface area (Å²) in [6.07, 6.45) is 4.41. The summed E-state index contributed by atoms with van der Waals surface area (Å²) < 4.78 is 11.6. The van der Waals surface area contributed by atoms with Gasteiger partial charge in [0.15, 0.2) is 0 Å². The number of aryl methyl sites for hydroxylation is 4. The fourth-order valence-electron chi connectivity index (χ4n) is 8.31. The van der Waals surface area contributed by atoms with Crippen LogP contribution >= 0.6 is 0 Å². The molecule has 1 aliphatic rings. The normalized spacial score (nSPS) is 19.9. The van der Waals surface area contributed by atoms with Gasteiger partial charge >= 0.3 is 11.9 Å². The van der Waals surface area contributed by atoms with Crippen LogP contribution < -0.4 is 4.74 Å². The highest BCUT2D eigenvalue weighted by atomic mass is 16.6. The van der Waals surface area contributed by atoms with E-state index >= 15 is 0 Å². The predicted octanol–water partition coefficient (Wildman–Crippen LogP) is 10.9. The van der Waals surface area contributed by atoms with Crippen molar-refractivity contribution in [3.63, 3.8) is 0 Å². The zero-order valence-electron chi connectivity index (χ0n) is 30.7. The van der Waals surface area contributed by atoms with Gasteiger partial charge in [-0.1, -0.05) is 71.9 Å². The van der Waals surface area contributed by atoms with Crippen molar-refractivity contribution < 1.29 is 19.1 Å². The third-order valence-corrected chi connectivity index (χ3v) is 9.96. The van der Waals surface area contributed by atoms with Gasteiger partial charge in [0.05, 0.1) is 11.1 Å². The first-order valence-corrected chi connectivity index (χ1v) is 17.0. The smallest absolute Gasteiger partial charge is 0.343 e. The van der Waals surface area contributed by atoms with E-state index in [1.165, 1.54) is 34.2 Å². The van der Waals surface area contributed by atoms with Crippen LogP contribution in [0.1, 0.15) is 148 Å². The van der Waals surface area contributed by atoms with Crippen molar-refractivity contribution in [2.24, 2.45) is 11.3 Å². The molecule has 0 N–H and O–H groups in total. The largest absolute Gasteiger partial charge is 0.456 e. The molecule has 1 saturated carbocycles. The SMILES string of the molecule is CCC(C)(C)c1c(C)cc(C2(c3cc(C)c(OC(=O)c4cccc(C(=O)OC(C)(C)C)c4)c(C)c3)CC(C)CC(C)(C)C2)cc1C. The monoisotopic (exact) mass is 624 g/mol. The Morgan fingerprint density at radius 1 is 0.783 bits per heavy atom. The van der Waals surface area contributed by atoms with Gasteiger partial charge in [-0.3, -0.25) is 0 Å². The number of carbonyl (C=O) groups excluding carboxylic acids is 2. The molecule has 2 unspecified atom stereocenters. The number of benzene rings is 3. The number of hydrogen-bond acceptors (Lipinski definition) is 4. The maximum Gasteiger partial charge on any atom is 0.343 e. The molecule has 0 amide bonds. The predicted molar refractivity (Wildman–Crippen MR) is 189 cm³/mol. The van der Waals surface area contributed by atoms with Gasteiger partial charge in [0.2, 0.25) is 0 Å². The molecule has 4 rings (SSSR count). The lowest BCUT2D eigenvalue weighted by Gasteiger charge is -2.49. The first-order chi connectivity index (χ1) is 21.2. The minimum Gasteiger partial charge on any atom is -0.456 e. The Bertz CT molecular complexity index is 1590. The van der Waals surface area contributed by atoms with Crippen LogP contribution in [-0.2, 0) is 15.6 Å². The zero-order valence-corrected chi connectivity index (χ0v) is 30.7. The highest BCUT2D eigenvalue weighted by Gasteiger charge is 2.46. The molecular weight excluding hydrogens is 568 g/mol. The Hall–Kier alpha value is -3.40. The Morgan fingerprint density at radius 2 is 1.28 bits per heavy atom. The fourth-order valence-corrected chi connectivity index (χ4v) is 8.31. The number of carbonyl (C=O) groups is 2. The highest BCUT2D eigenvalue weighted by molar-refractivity contribution is 5.96. The van der Waals surface area contributed by atoms with Gasteiger partial charge in [0, 0.05) is 5.41 Å². The van der Waals surface area contributed by atoms with Crippen molar-refractivity contribution in [3.05, 3.63) is 98.6 Å². The molecule has 0 spiro atoms. The van der Waals surface area contributed by atoms with E-state index in [1.807, 2.05) is 34.6 Å². The lowest BCUT2D eigenvalue weighted by Crippen LogP contribution is -2.41. The van der Waals surface area contributed by atoms with E-state index in [-0.39, 0.29) is 16.2 Å². The molecule has 3 aromatic carbocycles. The molecule has 0 radical (unpaired) electrons. The molecule has 0 saturated heterocycles. The summed E-state index contributed by atoms with van der Waals surface area (Å²) in [7, 11) is 0. The maximum atomic E-state index is 13.4. The molecule has 1 fully saturated rings. The maximum absolute atomic E-state index is 13.4. The van der Waals surface area contributed by atoms with Gasteiger partial charge in [0.25, 0.3) is 0 Å². The number of esters is 2. The van der Waals surface area contributed by atoms with Crippen LogP contribution in [0, 0.1) is 39.0 Å². The van der Waals surface area contributed by atoms with Crippen molar-refractivity contribution in [1.82, 2.24) is 0 Å². The molecule has 0 bridgehead atoms. The fraction of sp³-hybridized carbons (Fsp3) is 0.524. The van der Waals surface area contributed by atoms with E-state index < -0.39 is 17.5 Å². The van der Waals surface area contributed by atoms with Crippen LogP contribution in [0.5, 0.6) is 5.75 Å². The standard InChI is InChI=1S/C42H56O4/c1-14-41(12,13)35-27(3)18-33(19-28(35)4)42(24-26(2)23-40(10,11)25-42)34-20-29(5)36(30(6)21-34)45-37(43)31-16-15-17-32(22-31)38(44)46-39(7,8)9/h15-22,26H,14,23-25H2,1-13H3. The summed E-state index contributed by atoms with van der Waals surface area (Å²) in [5.41, 5.74) is 8.86. The molecule has 0 aromatic heterocycles. The van der Waals surface area contributed by atoms with Gasteiger partial charge in [-0.25, -0.2) is 9.59 Å². The second-order valence-corrected chi connectivity index (χ2v) is 16.6. The Balaban J connectivity index is 1.77. The van der Waals surface area contributed by atoms with Crippen LogP contribution in [0.2, 0.25) is 0 Å². The van der Waals surface area contributed by atoms with E-state index in [1.54, 1.807) is 24.3 Å². The van der Waals surface area contributed by atoms with Crippen molar-refractivity contribution in [2.45, 2.75) is 132 Å². The van der Waals surface area contributed by atoms with Gasteiger partial charge < -0.3 is 9.47 Å². The highest BCUT2D eigenvalue weighted by Crippen LogP contribution is 2.55. The molecule has 2 atom stereocenters. The lowest BCUT2D eigenvalue weighted by molar-refractivity contribution is 0.00694. The average molecular weight is 625 g/mol. The first kappa shape index (κ1) is 35.5. The van der Waals surface area contributed by atoms with Crippen molar-refractivity contribution >= 4 is 11.9 Å². The molecule has 4 nitrogen and oxygen atoms in total. The number of ether oxygens (including phenoxy) is 2. The van der Waals surface area contributed by atoms with E-state index in [9.17, 15) is 9.59 Å². The summed E-state index contributed by atoms with van der Waals surface area (Å²) in [5, 5.41) is 0.